The van der Waals surface area contributed by atoms with E-state index in [-0.39, 0.29) is 11.4 Å². The number of hydrogen-bond donors (Lipinski definition) is 2. The molecule has 4 nitrogen and oxygen atoms in total. The molecule has 2 N–H and O–H groups in total. The molecule has 1 aliphatic rings. The number of aliphatic carboxylic acids is 1. The van der Waals surface area contributed by atoms with Gasteiger partial charge >= 0.3 is 5.97 Å². The molecule has 78 valence electrons. The van der Waals surface area contributed by atoms with Gasteiger partial charge in [-0.05, 0) is 19.3 Å². The van der Waals surface area contributed by atoms with Crippen molar-refractivity contribution in [3.63, 3.8) is 0 Å². The zero-order chi connectivity index (χ0) is 10.9. The molecule has 0 amide bonds. The first-order chi connectivity index (χ1) is 6.36. The Bertz CT molecular complexity index is 312. The number of aliphatic hydroxyl groups excluding tert-OH is 1. The molecule has 0 aliphatic heterocycles. The van der Waals surface area contributed by atoms with E-state index in [1.54, 1.807) is 13.8 Å². The predicted octanol–water partition coefficient (Wildman–Crippen LogP) is 1.66. The number of carboxylic acid groups (broad SMARTS) is 1. The first-order valence-electron chi connectivity index (χ1n) is 4.56. The standard InChI is InChI=1S/C10H14O4/c1-10(2)5-3-4-6(8(10)12)7(11)9(13)14/h11H,3-5H2,1-2H3,(H,13,14)/b7-6-. The minimum Gasteiger partial charge on any atom is -0.502 e. The summed E-state index contributed by atoms with van der Waals surface area (Å²) in [5, 5.41) is 17.8. The lowest BCUT2D eigenvalue weighted by atomic mass is 9.73. The van der Waals surface area contributed by atoms with Gasteiger partial charge in [-0.25, -0.2) is 4.79 Å². The van der Waals surface area contributed by atoms with Gasteiger partial charge in [-0.1, -0.05) is 13.8 Å². The van der Waals surface area contributed by atoms with E-state index in [0.29, 0.717) is 6.42 Å². The molecule has 0 bridgehead atoms. The van der Waals surface area contributed by atoms with Crippen molar-refractivity contribution in [3.05, 3.63) is 11.3 Å². The summed E-state index contributed by atoms with van der Waals surface area (Å²) in [5.74, 6) is -2.46. The number of carboxylic acids is 1. The summed E-state index contributed by atoms with van der Waals surface area (Å²) in [7, 11) is 0. The van der Waals surface area contributed by atoms with Gasteiger partial charge in [0.05, 0.1) is 0 Å². The van der Waals surface area contributed by atoms with Gasteiger partial charge in [-0.15, -0.1) is 0 Å². The number of aliphatic hydroxyl groups is 1. The molecule has 0 atom stereocenters. The largest absolute Gasteiger partial charge is 0.502 e. The second-order valence-electron chi connectivity index (χ2n) is 4.20. The normalized spacial score (nSPS) is 24.6. The molecule has 0 aromatic heterocycles. The highest BCUT2D eigenvalue weighted by atomic mass is 16.4. The Morgan fingerprint density at radius 1 is 1.36 bits per heavy atom. The van der Waals surface area contributed by atoms with Crippen molar-refractivity contribution in [2.45, 2.75) is 33.1 Å². The zero-order valence-electron chi connectivity index (χ0n) is 8.33. The Morgan fingerprint density at radius 3 is 2.43 bits per heavy atom. The zero-order valence-corrected chi connectivity index (χ0v) is 8.33. The van der Waals surface area contributed by atoms with E-state index < -0.39 is 17.1 Å². The highest BCUT2D eigenvalue weighted by molar-refractivity contribution is 6.05. The minimum atomic E-state index is -1.42. The van der Waals surface area contributed by atoms with Crippen LogP contribution in [0.5, 0.6) is 0 Å². The smallest absolute Gasteiger partial charge is 0.371 e. The quantitative estimate of drug-likeness (QED) is 0.496. The van der Waals surface area contributed by atoms with Gasteiger partial charge in [0.15, 0.2) is 5.78 Å². The monoisotopic (exact) mass is 198 g/mol. The molecule has 1 rings (SSSR count). The second-order valence-corrected chi connectivity index (χ2v) is 4.20. The van der Waals surface area contributed by atoms with Crippen molar-refractivity contribution in [2.75, 3.05) is 0 Å². The average Bonchev–Trinajstić information content (AvgIpc) is 2.08. The van der Waals surface area contributed by atoms with Crippen LogP contribution in [0.1, 0.15) is 33.1 Å². The summed E-state index contributed by atoms with van der Waals surface area (Å²) in [6.07, 6.45) is 1.84. The lowest BCUT2D eigenvalue weighted by Crippen LogP contribution is -2.31. The number of ketones is 1. The van der Waals surface area contributed by atoms with E-state index in [1.165, 1.54) is 0 Å². The van der Waals surface area contributed by atoms with E-state index >= 15 is 0 Å². The first-order valence-corrected chi connectivity index (χ1v) is 4.56. The third-order valence-electron chi connectivity index (χ3n) is 2.61. The molecule has 0 spiro atoms. The Morgan fingerprint density at radius 2 is 1.93 bits per heavy atom. The molecular formula is C10H14O4. The SMILES string of the molecule is CC1(C)CCC/C(=C(/O)C(=O)O)C1=O. The molecule has 0 unspecified atom stereocenters. The van der Waals surface area contributed by atoms with Crippen LogP contribution in [0.25, 0.3) is 0 Å². The fraction of sp³-hybridized carbons (Fsp3) is 0.600. The molecule has 0 saturated heterocycles. The number of allylic oxidation sites excluding steroid dienone is 1. The molecule has 1 aliphatic carbocycles. The average molecular weight is 198 g/mol. The van der Waals surface area contributed by atoms with E-state index in [1.807, 2.05) is 0 Å². The van der Waals surface area contributed by atoms with Crippen LogP contribution in [0.4, 0.5) is 0 Å². The van der Waals surface area contributed by atoms with Crippen LogP contribution in [-0.2, 0) is 9.59 Å². The summed E-state index contributed by atoms with van der Waals surface area (Å²) in [4.78, 5) is 22.2. The van der Waals surface area contributed by atoms with Crippen LogP contribution < -0.4 is 0 Å². The number of hydrogen-bond acceptors (Lipinski definition) is 3. The molecule has 0 aromatic rings. The maximum absolute atomic E-state index is 11.7. The molecule has 0 heterocycles. The third kappa shape index (κ3) is 1.78. The molecule has 0 aromatic carbocycles. The Kier molecular flexibility index (Phi) is 2.64. The lowest BCUT2D eigenvalue weighted by molar-refractivity contribution is -0.136. The maximum atomic E-state index is 11.7. The van der Waals surface area contributed by atoms with E-state index in [0.717, 1.165) is 12.8 Å². The summed E-state index contributed by atoms with van der Waals surface area (Å²) in [6, 6.07) is 0. The van der Waals surface area contributed by atoms with Crippen LogP contribution in [0, 0.1) is 5.41 Å². The summed E-state index contributed by atoms with van der Waals surface area (Å²) >= 11 is 0. The lowest BCUT2D eigenvalue weighted by Gasteiger charge is -2.29. The summed E-state index contributed by atoms with van der Waals surface area (Å²) in [5.41, 5.74) is -0.481. The number of rotatable bonds is 1. The van der Waals surface area contributed by atoms with Crippen LogP contribution in [0.2, 0.25) is 0 Å². The van der Waals surface area contributed by atoms with E-state index in [4.69, 9.17) is 5.11 Å². The number of carbonyl (C=O) groups is 2. The molecule has 1 fully saturated rings. The maximum Gasteiger partial charge on any atom is 0.371 e. The van der Waals surface area contributed by atoms with Crippen LogP contribution in [0.3, 0.4) is 0 Å². The van der Waals surface area contributed by atoms with Gasteiger partial charge in [-0.3, -0.25) is 4.79 Å². The van der Waals surface area contributed by atoms with Crippen LogP contribution in [0.15, 0.2) is 11.3 Å². The summed E-state index contributed by atoms with van der Waals surface area (Å²) in [6.45, 7) is 3.53. The number of carbonyl (C=O) groups excluding carboxylic acids is 1. The van der Waals surface area contributed by atoms with Gasteiger partial charge in [-0.2, -0.15) is 0 Å². The van der Waals surface area contributed by atoms with Crippen molar-refractivity contribution in [2.24, 2.45) is 5.41 Å². The van der Waals surface area contributed by atoms with Crippen molar-refractivity contribution >= 4 is 11.8 Å². The van der Waals surface area contributed by atoms with Gasteiger partial charge in [0.1, 0.15) is 0 Å². The molecular weight excluding hydrogens is 184 g/mol. The van der Waals surface area contributed by atoms with E-state index in [9.17, 15) is 14.7 Å². The second kappa shape index (κ2) is 3.44. The Labute approximate surface area is 82.2 Å². The number of Topliss-reactive ketones (excluding diaryl/α,β-unsaturated/α-hetero) is 1. The van der Waals surface area contributed by atoms with Crippen LogP contribution >= 0.6 is 0 Å². The Balaban J connectivity index is 3.08. The molecule has 4 heteroatoms. The molecule has 1 saturated carbocycles. The van der Waals surface area contributed by atoms with Crippen LogP contribution in [-0.4, -0.2) is 22.0 Å². The molecule has 14 heavy (non-hydrogen) atoms. The fourth-order valence-corrected chi connectivity index (χ4v) is 1.70. The van der Waals surface area contributed by atoms with E-state index in [2.05, 4.69) is 0 Å². The van der Waals surface area contributed by atoms with Crippen molar-refractivity contribution in [1.29, 1.82) is 0 Å². The topological polar surface area (TPSA) is 74.6 Å². The van der Waals surface area contributed by atoms with Gasteiger partial charge in [0.25, 0.3) is 0 Å². The molecule has 0 radical (unpaired) electrons. The highest BCUT2D eigenvalue weighted by Gasteiger charge is 2.36. The van der Waals surface area contributed by atoms with Crippen molar-refractivity contribution in [3.8, 4) is 0 Å². The van der Waals surface area contributed by atoms with Gasteiger partial charge in [0.2, 0.25) is 5.76 Å². The predicted molar refractivity (Wildman–Crippen MR) is 49.9 cm³/mol. The Hall–Kier alpha value is -1.32. The first kappa shape index (κ1) is 10.8. The fourth-order valence-electron chi connectivity index (χ4n) is 1.70. The highest BCUT2D eigenvalue weighted by Crippen LogP contribution is 2.35. The van der Waals surface area contributed by atoms with Gasteiger partial charge < -0.3 is 10.2 Å². The third-order valence-corrected chi connectivity index (χ3v) is 2.61. The van der Waals surface area contributed by atoms with Gasteiger partial charge in [0, 0.05) is 11.0 Å². The minimum absolute atomic E-state index is 0.0637. The summed E-state index contributed by atoms with van der Waals surface area (Å²) < 4.78 is 0. The van der Waals surface area contributed by atoms with Crippen molar-refractivity contribution in [1.82, 2.24) is 0 Å². The van der Waals surface area contributed by atoms with Crippen molar-refractivity contribution < 1.29 is 19.8 Å².